The van der Waals surface area contributed by atoms with Gasteiger partial charge in [-0.15, -0.1) is 22.7 Å². The molecule has 0 bridgehead atoms. The average Bonchev–Trinajstić information content (AvgIpc) is 3.15. The van der Waals surface area contributed by atoms with Crippen LogP contribution in [0.5, 0.6) is 0 Å². The highest BCUT2D eigenvalue weighted by Gasteiger charge is 2.17. The molecular formula is C22H22Cl2S2. The number of unbranched alkanes of at least 4 members (excludes halogenated alkanes) is 2. The third kappa shape index (κ3) is 3.05. The molecule has 2 aromatic carbocycles. The number of fused-ring (bicyclic) bond motifs is 5. The molecule has 0 fully saturated rings. The molecule has 0 radical (unpaired) electrons. The first kappa shape index (κ1) is 18.6. The van der Waals surface area contributed by atoms with Crippen molar-refractivity contribution < 1.29 is 0 Å². The van der Waals surface area contributed by atoms with Gasteiger partial charge in [0.25, 0.3) is 0 Å². The number of aryl methyl sites for hydroxylation is 2. The standard InChI is InChI=1S/C22H22Cl2S2/c1-3-5-7-16-19(23)14-11-9-13-10-12-15-20(24)17(8-6-4-2)26-22(15)18(13)21(14)25-16/h9-12H,3-8H2,1-2H3. The zero-order valence-electron chi connectivity index (χ0n) is 15.1. The second kappa shape index (κ2) is 7.67. The Morgan fingerprint density at radius 3 is 1.62 bits per heavy atom. The lowest BCUT2D eigenvalue weighted by atomic mass is 10.1. The highest BCUT2D eigenvalue weighted by molar-refractivity contribution is 7.23. The van der Waals surface area contributed by atoms with Crippen LogP contribution in [0.15, 0.2) is 24.3 Å². The molecule has 0 aliphatic carbocycles. The van der Waals surface area contributed by atoms with E-state index in [0.29, 0.717) is 0 Å². The number of rotatable bonds is 6. The maximum atomic E-state index is 6.74. The summed E-state index contributed by atoms with van der Waals surface area (Å²) in [6, 6.07) is 8.78. The molecule has 0 saturated carbocycles. The summed E-state index contributed by atoms with van der Waals surface area (Å²) in [4.78, 5) is 2.64. The molecule has 0 spiro atoms. The number of thiophene rings is 2. The van der Waals surface area contributed by atoms with Gasteiger partial charge in [-0.3, -0.25) is 0 Å². The van der Waals surface area contributed by atoms with Gasteiger partial charge in [-0.2, -0.15) is 0 Å². The van der Waals surface area contributed by atoms with E-state index >= 15 is 0 Å². The van der Waals surface area contributed by atoms with Crippen molar-refractivity contribution in [2.45, 2.75) is 52.4 Å². The Kier molecular flexibility index (Phi) is 5.48. The van der Waals surface area contributed by atoms with Gasteiger partial charge in [0, 0.05) is 35.3 Å². The van der Waals surface area contributed by atoms with Crippen molar-refractivity contribution in [2.75, 3.05) is 0 Å². The molecule has 26 heavy (non-hydrogen) atoms. The Labute approximate surface area is 172 Å². The lowest BCUT2D eigenvalue weighted by Crippen LogP contribution is -1.79. The van der Waals surface area contributed by atoms with Crippen molar-refractivity contribution >= 4 is 76.8 Å². The van der Waals surface area contributed by atoms with Gasteiger partial charge in [0.05, 0.1) is 10.0 Å². The fraction of sp³-hybridized carbons (Fsp3) is 0.364. The summed E-state index contributed by atoms with van der Waals surface area (Å²) in [6.07, 6.45) is 6.89. The lowest BCUT2D eigenvalue weighted by Gasteiger charge is -2.02. The molecule has 0 amide bonds. The van der Waals surface area contributed by atoms with E-state index in [-0.39, 0.29) is 0 Å². The van der Waals surface area contributed by atoms with Gasteiger partial charge in [0.2, 0.25) is 0 Å². The van der Waals surface area contributed by atoms with Crippen molar-refractivity contribution in [3.05, 3.63) is 44.1 Å². The minimum atomic E-state index is 0.950. The molecule has 0 unspecified atom stereocenters. The Bertz CT molecular complexity index is 1010. The van der Waals surface area contributed by atoms with E-state index in [9.17, 15) is 0 Å². The minimum Gasteiger partial charge on any atom is -0.138 e. The Balaban J connectivity index is 2.00. The molecule has 4 heteroatoms. The maximum Gasteiger partial charge on any atom is 0.0623 e. The van der Waals surface area contributed by atoms with Gasteiger partial charge in [0.1, 0.15) is 0 Å². The molecule has 0 N–H and O–H groups in total. The fourth-order valence-electron chi connectivity index (χ4n) is 3.54. The molecule has 136 valence electrons. The van der Waals surface area contributed by atoms with Crippen molar-refractivity contribution in [3.63, 3.8) is 0 Å². The topological polar surface area (TPSA) is 0 Å². The zero-order valence-corrected chi connectivity index (χ0v) is 18.3. The van der Waals surface area contributed by atoms with Gasteiger partial charge >= 0.3 is 0 Å². The normalized spacial score (nSPS) is 12.0. The summed E-state index contributed by atoms with van der Waals surface area (Å²) >= 11 is 17.2. The van der Waals surface area contributed by atoms with E-state index in [1.165, 1.54) is 66.4 Å². The molecule has 0 atom stereocenters. The Hall–Kier alpha value is -0.800. The van der Waals surface area contributed by atoms with Gasteiger partial charge < -0.3 is 0 Å². The van der Waals surface area contributed by atoms with Crippen molar-refractivity contribution in [1.82, 2.24) is 0 Å². The number of halogens is 2. The predicted octanol–water partition coefficient (Wildman–Crippen LogP) is 9.26. The van der Waals surface area contributed by atoms with Gasteiger partial charge in [0.15, 0.2) is 0 Å². The quantitative estimate of drug-likeness (QED) is 0.291. The Morgan fingerprint density at radius 2 is 1.19 bits per heavy atom. The summed E-state index contributed by atoms with van der Waals surface area (Å²) < 4.78 is 2.65. The SMILES string of the molecule is CCCCc1sc2c(ccc3ccc4c(Cl)c(CCCC)sc4c32)c1Cl. The van der Waals surface area contributed by atoms with Crippen molar-refractivity contribution in [3.8, 4) is 0 Å². The predicted molar refractivity (Wildman–Crippen MR) is 122 cm³/mol. The third-order valence-corrected chi connectivity index (χ3v) is 8.67. The lowest BCUT2D eigenvalue weighted by molar-refractivity contribution is 0.804. The Morgan fingerprint density at radius 1 is 0.731 bits per heavy atom. The highest BCUT2D eigenvalue weighted by Crippen LogP contribution is 2.46. The van der Waals surface area contributed by atoms with Crippen molar-refractivity contribution in [1.29, 1.82) is 0 Å². The van der Waals surface area contributed by atoms with Crippen LogP contribution in [-0.2, 0) is 12.8 Å². The van der Waals surface area contributed by atoms with Gasteiger partial charge in [-0.1, -0.05) is 74.2 Å². The largest absolute Gasteiger partial charge is 0.138 e. The maximum absolute atomic E-state index is 6.74. The van der Waals surface area contributed by atoms with E-state index in [0.717, 1.165) is 22.9 Å². The second-order valence-corrected chi connectivity index (χ2v) is 9.83. The monoisotopic (exact) mass is 420 g/mol. The molecule has 0 aliphatic rings. The number of hydrogen-bond donors (Lipinski definition) is 0. The summed E-state index contributed by atoms with van der Waals surface area (Å²) in [6.45, 7) is 4.46. The summed E-state index contributed by atoms with van der Waals surface area (Å²) in [7, 11) is 0. The molecule has 0 aliphatic heterocycles. The summed E-state index contributed by atoms with van der Waals surface area (Å²) in [5.74, 6) is 0. The van der Waals surface area contributed by atoms with E-state index < -0.39 is 0 Å². The van der Waals surface area contributed by atoms with Crippen LogP contribution in [0.25, 0.3) is 30.9 Å². The third-order valence-electron chi connectivity index (χ3n) is 5.02. The van der Waals surface area contributed by atoms with Crippen LogP contribution in [-0.4, -0.2) is 0 Å². The van der Waals surface area contributed by atoms with E-state index in [4.69, 9.17) is 23.2 Å². The molecule has 0 nitrogen and oxygen atoms in total. The first-order chi connectivity index (χ1) is 12.7. The summed E-state index contributed by atoms with van der Waals surface area (Å²) in [5, 5.41) is 6.91. The number of benzene rings is 2. The van der Waals surface area contributed by atoms with Gasteiger partial charge in [-0.25, -0.2) is 0 Å². The van der Waals surface area contributed by atoms with Crippen LogP contribution < -0.4 is 0 Å². The molecule has 4 aromatic rings. The van der Waals surface area contributed by atoms with Crippen LogP contribution in [0.1, 0.15) is 49.3 Å². The zero-order chi connectivity index (χ0) is 18.3. The van der Waals surface area contributed by atoms with Crippen LogP contribution in [0.4, 0.5) is 0 Å². The highest BCUT2D eigenvalue weighted by atomic mass is 35.5. The van der Waals surface area contributed by atoms with Crippen LogP contribution in [0, 0.1) is 0 Å². The molecule has 2 aromatic heterocycles. The van der Waals surface area contributed by atoms with Gasteiger partial charge in [-0.05, 0) is 31.1 Å². The van der Waals surface area contributed by atoms with E-state index in [1.54, 1.807) is 0 Å². The number of hydrogen-bond acceptors (Lipinski definition) is 2. The molecule has 0 saturated heterocycles. The minimum absolute atomic E-state index is 0.950. The van der Waals surface area contributed by atoms with Crippen LogP contribution in [0.3, 0.4) is 0 Å². The fourth-order valence-corrected chi connectivity index (χ4v) is 7.05. The molecule has 4 rings (SSSR count). The van der Waals surface area contributed by atoms with Crippen LogP contribution in [0.2, 0.25) is 10.0 Å². The second-order valence-electron chi connectivity index (χ2n) is 6.87. The van der Waals surface area contributed by atoms with Crippen LogP contribution >= 0.6 is 45.9 Å². The summed E-state index contributed by atoms with van der Waals surface area (Å²) in [5.41, 5.74) is 0. The molecule has 2 heterocycles. The van der Waals surface area contributed by atoms with E-state index in [1.807, 2.05) is 22.7 Å². The first-order valence-electron chi connectivity index (χ1n) is 9.39. The smallest absolute Gasteiger partial charge is 0.0623 e. The first-order valence-corrected chi connectivity index (χ1v) is 11.8. The molecular weight excluding hydrogens is 399 g/mol. The van der Waals surface area contributed by atoms with E-state index in [2.05, 4.69) is 38.1 Å². The van der Waals surface area contributed by atoms with Crippen molar-refractivity contribution in [2.24, 2.45) is 0 Å². The average molecular weight is 421 g/mol.